The van der Waals surface area contributed by atoms with Crippen LogP contribution < -0.4 is 0 Å². The van der Waals surface area contributed by atoms with Crippen LogP contribution in [0.4, 0.5) is 0 Å². The van der Waals surface area contributed by atoms with Crippen LogP contribution in [0.25, 0.3) is 11.0 Å². The van der Waals surface area contributed by atoms with E-state index in [2.05, 4.69) is 36.9 Å². The predicted octanol–water partition coefficient (Wildman–Crippen LogP) is 5.22. The van der Waals surface area contributed by atoms with Gasteiger partial charge in [0, 0.05) is 19.8 Å². The number of rotatable bonds is 2. The van der Waals surface area contributed by atoms with Gasteiger partial charge in [0.25, 0.3) is 0 Å². The molecule has 0 spiro atoms. The Morgan fingerprint density at radius 2 is 2.22 bits per heavy atom. The molecule has 6 heteroatoms. The van der Waals surface area contributed by atoms with E-state index in [1.165, 1.54) is 4.88 Å². The van der Waals surface area contributed by atoms with E-state index >= 15 is 0 Å². The Balaban J connectivity index is 2.11. The second kappa shape index (κ2) is 4.81. The quantitative estimate of drug-likeness (QED) is 0.622. The van der Waals surface area contributed by atoms with Gasteiger partial charge in [-0.15, -0.1) is 11.3 Å². The zero-order valence-electron chi connectivity index (χ0n) is 9.11. The summed E-state index contributed by atoms with van der Waals surface area (Å²) < 4.78 is 3.91. The first-order valence-electron chi connectivity index (χ1n) is 5.24. The molecule has 1 N–H and O–H groups in total. The highest BCUT2D eigenvalue weighted by molar-refractivity contribution is 9.10. The van der Waals surface area contributed by atoms with Gasteiger partial charge in [-0.3, -0.25) is 0 Å². The highest BCUT2D eigenvalue weighted by Crippen LogP contribution is 2.24. The van der Waals surface area contributed by atoms with Crippen LogP contribution >= 0.6 is 51.1 Å². The minimum Gasteiger partial charge on any atom is -0.331 e. The first kappa shape index (κ1) is 12.4. The van der Waals surface area contributed by atoms with Crippen LogP contribution in [0.15, 0.2) is 34.1 Å². The maximum absolute atomic E-state index is 5.98. The van der Waals surface area contributed by atoms with Gasteiger partial charge in [-0.1, -0.05) is 11.6 Å². The van der Waals surface area contributed by atoms with Crippen molar-refractivity contribution in [1.82, 2.24) is 9.55 Å². The summed E-state index contributed by atoms with van der Waals surface area (Å²) in [6.45, 7) is 0.775. The fourth-order valence-corrected chi connectivity index (χ4v) is 3.77. The number of halogens is 2. The fraction of sp³-hybridized carbons (Fsp3) is 0.0833. The first-order valence-corrected chi connectivity index (χ1v) is 7.70. The highest BCUT2D eigenvalue weighted by atomic mass is 79.9. The maximum Gasteiger partial charge on any atom is 0.178 e. The molecule has 0 fully saturated rings. The molecule has 0 bridgehead atoms. The molecule has 0 amide bonds. The topological polar surface area (TPSA) is 20.7 Å². The van der Waals surface area contributed by atoms with Gasteiger partial charge in [-0.25, -0.2) is 0 Å². The smallest absolute Gasteiger partial charge is 0.178 e. The van der Waals surface area contributed by atoms with Crippen molar-refractivity contribution >= 4 is 62.1 Å². The van der Waals surface area contributed by atoms with Gasteiger partial charge in [0.15, 0.2) is 4.77 Å². The Labute approximate surface area is 126 Å². The van der Waals surface area contributed by atoms with Crippen molar-refractivity contribution in [1.29, 1.82) is 0 Å². The molecule has 0 radical (unpaired) electrons. The number of thiophene rings is 1. The van der Waals surface area contributed by atoms with Gasteiger partial charge >= 0.3 is 0 Å². The van der Waals surface area contributed by atoms with Crippen molar-refractivity contribution < 1.29 is 0 Å². The molecular formula is C12H8BrClN2S2. The summed E-state index contributed by atoms with van der Waals surface area (Å²) in [5.41, 5.74) is 2.05. The molecule has 0 aliphatic carbocycles. The number of nitrogens with zero attached hydrogens (tertiary/aromatic N) is 1. The monoisotopic (exact) mass is 358 g/mol. The van der Waals surface area contributed by atoms with Crippen LogP contribution in [0.3, 0.4) is 0 Å². The van der Waals surface area contributed by atoms with Gasteiger partial charge in [-0.2, -0.15) is 0 Å². The number of hydrogen-bond acceptors (Lipinski definition) is 2. The number of aromatic amines is 1. The summed E-state index contributed by atoms with van der Waals surface area (Å²) >= 11 is 16.5. The molecule has 2 heterocycles. The molecule has 3 aromatic rings. The van der Waals surface area contributed by atoms with Crippen molar-refractivity contribution in [2.24, 2.45) is 0 Å². The maximum atomic E-state index is 5.98. The number of hydrogen-bond donors (Lipinski definition) is 1. The van der Waals surface area contributed by atoms with Crippen LogP contribution in [0.1, 0.15) is 4.88 Å². The van der Waals surface area contributed by atoms with Crippen LogP contribution in [-0.4, -0.2) is 9.55 Å². The zero-order valence-corrected chi connectivity index (χ0v) is 13.1. The second-order valence-corrected chi connectivity index (χ2v) is 6.64. The molecule has 3 rings (SSSR count). The molecule has 18 heavy (non-hydrogen) atoms. The molecule has 0 saturated heterocycles. The van der Waals surface area contributed by atoms with Gasteiger partial charge in [0.2, 0.25) is 0 Å². The number of fused-ring (bicyclic) bond motifs is 1. The number of aromatic nitrogens is 2. The summed E-state index contributed by atoms with van der Waals surface area (Å²) in [6.07, 6.45) is 0. The molecule has 1 aromatic carbocycles. The lowest BCUT2D eigenvalue weighted by atomic mass is 10.3. The summed E-state index contributed by atoms with van der Waals surface area (Å²) in [6, 6.07) is 7.88. The Hall–Kier alpha value is -0.620. The van der Waals surface area contributed by atoms with E-state index in [1.54, 1.807) is 11.3 Å². The minimum absolute atomic E-state index is 0.713. The molecule has 2 aromatic heterocycles. The summed E-state index contributed by atoms with van der Waals surface area (Å²) in [4.78, 5) is 4.44. The molecule has 0 aliphatic rings. The normalized spacial score (nSPS) is 11.2. The summed E-state index contributed by atoms with van der Waals surface area (Å²) in [7, 11) is 0. The fourth-order valence-electron chi connectivity index (χ4n) is 1.89. The zero-order chi connectivity index (χ0) is 12.7. The van der Waals surface area contributed by atoms with E-state index in [1.807, 2.05) is 18.2 Å². The Bertz CT molecular complexity index is 772. The molecule has 0 aliphatic heterocycles. The Morgan fingerprint density at radius 3 is 2.94 bits per heavy atom. The number of nitrogens with one attached hydrogen (secondary N) is 1. The van der Waals surface area contributed by atoms with E-state index < -0.39 is 0 Å². The second-order valence-electron chi connectivity index (χ2n) is 3.91. The molecule has 2 nitrogen and oxygen atoms in total. The van der Waals surface area contributed by atoms with Gasteiger partial charge in [0.05, 0.1) is 17.6 Å². The van der Waals surface area contributed by atoms with E-state index in [0.29, 0.717) is 5.02 Å². The lowest BCUT2D eigenvalue weighted by molar-refractivity contribution is 0.823. The van der Waals surface area contributed by atoms with E-state index in [4.69, 9.17) is 23.8 Å². The molecule has 0 atom stereocenters. The van der Waals surface area contributed by atoms with E-state index in [-0.39, 0.29) is 0 Å². The van der Waals surface area contributed by atoms with Gasteiger partial charge in [0.1, 0.15) is 0 Å². The molecule has 0 saturated carbocycles. The Kier molecular flexibility index (Phi) is 3.32. The lowest BCUT2D eigenvalue weighted by Crippen LogP contribution is -1.97. The van der Waals surface area contributed by atoms with Crippen LogP contribution in [0.5, 0.6) is 0 Å². The third-order valence-electron chi connectivity index (χ3n) is 2.67. The van der Waals surface area contributed by atoms with Crippen LogP contribution in [0.2, 0.25) is 5.02 Å². The van der Waals surface area contributed by atoms with Crippen molar-refractivity contribution in [3.8, 4) is 0 Å². The average Bonchev–Trinajstić information content (AvgIpc) is 2.84. The minimum atomic E-state index is 0.713. The predicted molar refractivity (Wildman–Crippen MR) is 83.3 cm³/mol. The molecule has 0 unspecified atom stereocenters. The Morgan fingerprint density at radius 1 is 1.39 bits per heavy atom. The van der Waals surface area contributed by atoms with Crippen LogP contribution in [-0.2, 0) is 6.54 Å². The van der Waals surface area contributed by atoms with Gasteiger partial charge < -0.3 is 9.55 Å². The summed E-state index contributed by atoms with van der Waals surface area (Å²) in [5.74, 6) is 0. The number of benzene rings is 1. The first-order chi connectivity index (χ1) is 8.63. The summed E-state index contributed by atoms with van der Waals surface area (Å²) in [5, 5.41) is 2.79. The highest BCUT2D eigenvalue weighted by Gasteiger charge is 2.06. The third kappa shape index (κ3) is 2.28. The molecule has 92 valence electrons. The largest absolute Gasteiger partial charge is 0.331 e. The van der Waals surface area contributed by atoms with Crippen molar-refractivity contribution in [3.63, 3.8) is 0 Å². The van der Waals surface area contributed by atoms with Crippen LogP contribution in [0, 0.1) is 4.77 Å². The SMILES string of the molecule is S=c1[nH]c2cc(Cl)ccc2n1Cc1cc(Br)cs1. The third-order valence-corrected chi connectivity index (χ3v) is 4.91. The van der Waals surface area contributed by atoms with E-state index in [9.17, 15) is 0 Å². The van der Waals surface area contributed by atoms with Crippen molar-refractivity contribution in [2.75, 3.05) is 0 Å². The average molecular weight is 360 g/mol. The van der Waals surface area contributed by atoms with Gasteiger partial charge in [-0.05, 0) is 52.4 Å². The van der Waals surface area contributed by atoms with Crippen molar-refractivity contribution in [2.45, 2.75) is 6.54 Å². The number of imidazole rings is 1. The number of H-pyrrole nitrogens is 1. The molecular weight excluding hydrogens is 352 g/mol. The standard InChI is InChI=1S/C12H8BrClN2S2/c13-7-3-9(18-6-7)5-16-11-2-1-8(14)4-10(11)15-12(16)17/h1-4,6H,5H2,(H,15,17). The van der Waals surface area contributed by atoms with Crippen molar-refractivity contribution in [3.05, 3.63) is 48.8 Å². The lowest BCUT2D eigenvalue weighted by Gasteiger charge is -2.02. The van der Waals surface area contributed by atoms with E-state index in [0.717, 1.165) is 26.8 Å².